The quantitative estimate of drug-likeness (QED) is 0.783. The molecule has 0 saturated heterocycles. The van der Waals surface area contributed by atoms with E-state index in [-0.39, 0.29) is 0 Å². The van der Waals surface area contributed by atoms with Gasteiger partial charge in [-0.25, -0.2) is 4.98 Å². The molecule has 0 spiro atoms. The monoisotopic (exact) mass is 265 g/mol. The summed E-state index contributed by atoms with van der Waals surface area (Å²) < 4.78 is 5.15. The van der Waals surface area contributed by atoms with Gasteiger partial charge >= 0.3 is 0 Å². The van der Waals surface area contributed by atoms with Crippen molar-refractivity contribution in [2.45, 2.75) is 46.3 Å². The Morgan fingerprint density at radius 1 is 1.26 bits per heavy atom. The number of aromatic nitrogens is 1. The van der Waals surface area contributed by atoms with E-state index in [4.69, 9.17) is 4.74 Å². The molecule has 0 radical (unpaired) electrons. The average molecular weight is 265 g/mol. The highest BCUT2D eigenvalue weighted by atomic mass is 16.5. The molecule has 1 aromatic heterocycles. The van der Waals surface area contributed by atoms with Crippen LogP contribution in [0.3, 0.4) is 0 Å². The molecular formula is C15H27N3O. The van der Waals surface area contributed by atoms with Gasteiger partial charge in [0.2, 0.25) is 0 Å². The van der Waals surface area contributed by atoms with Crippen LogP contribution in [0.5, 0.6) is 0 Å². The second kappa shape index (κ2) is 8.12. The van der Waals surface area contributed by atoms with Crippen molar-refractivity contribution >= 4 is 5.82 Å². The van der Waals surface area contributed by atoms with E-state index in [2.05, 4.69) is 55.0 Å². The Morgan fingerprint density at radius 2 is 2.00 bits per heavy atom. The van der Waals surface area contributed by atoms with Gasteiger partial charge in [-0.2, -0.15) is 0 Å². The lowest BCUT2D eigenvalue weighted by Gasteiger charge is -2.27. The summed E-state index contributed by atoms with van der Waals surface area (Å²) in [5.41, 5.74) is 1.22. The number of hydrogen-bond acceptors (Lipinski definition) is 4. The van der Waals surface area contributed by atoms with Crippen molar-refractivity contribution in [3.8, 4) is 0 Å². The Balaban J connectivity index is 2.66. The van der Waals surface area contributed by atoms with Crippen molar-refractivity contribution < 1.29 is 4.74 Å². The fourth-order valence-electron chi connectivity index (χ4n) is 1.84. The number of nitrogens with one attached hydrogen (secondary N) is 1. The van der Waals surface area contributed by atoms with Crippen molar-refractivity contribution in [1.82, 2.24) is 10.3 Å². The zero-order valence-corrected chi connectivity index (χ0v) is 12.8. The molecule has 0 unspecified atom stereocenters. The summed E-state index contributed by atoms with van der Waals surface area (Å²) in [5, 5.41) is 3.39. The zero-order chi connectivity index (χ0) is 14.3. The summed E-state index contributed by atoms with van der Waals surface area (Å²) in [6, 6.07) is 5.14. The number of rotatable bonds is 8. The molecule has 0 atom stereocenters. The van der Waals surface area contributed by atoms with E-state index >= 15 is 0 Å². The smallest absolute Gasteiger partial charge is 0.128 e. The molecule has 0 saturated carbocycles. The van der Waals surface area contributed by atoms with Gasteiger partial charge in [0.05, 0.1) is 6.61 Å². The molecule has 1 N–H and O–H groups in total. The Hall–Kier alpha value is -1.13. The van der Waals surface area contributed by atoms with Crippen LogP contribution in [0.15, 0.2) is 18.3 Å². The third-order valence-corrected chi connectivity index (χ3v) is 2.98. The van der Waals surface area contributed by atoms with Crippen molar-refractivity contribution in [3.05, 3.63) is 23.9 Å². The highest BCUT2D eigenvalue weighted by molar-refractivity contribution is 5.40. The van der Waals surface area contributed by atoms with Crippen LogP contribution in [0.25, 0.3) is 0 Å². The lowest BCUT2D eigenvalue weighted by Crippen LogP contribution is -2.34. The summed E-state index contributed by atoms with van der Waals surface area (Å²) in [6.07, 6.45) is 1.95. The van der Waals surface area contributed by atoms with Gasteiger partial charge in [-0.15, -0.1) is 0 Å². The molecule has 0 aromatic carbocycles. The van der Waals surface area contributed by atoms with Crippen molar-refractivity contribution in [2.24, 2.45) is 0 Å². The molecule has 0 aliphatic rings. The molecule has 0 bridgehead atoms. The molecule has 1 heterocycles. The standard InChI is InChI=1S/C15H27N3O/c1-12(2)16-10-14-6-7-15(17-11-14)18(13(3)4)8-9-19-5/h6-7,11-13,16H,8-10H2,1-5H3. The van der Waals surface area contributed by atoms with Gasteiger partial charge < -0.3 is 15.0 Å². The topological polar surface area (TPSA) is 37.4 Å². The van der Waals surface area contributed by atoms with Crippen LogP contribution in [0, 0.1) is 0 Å². The van der Waals surface area contributed by atoms with Gasteiger partial charge in [0.15, 0.2) is 0 Å². The number of methoxy groups -OCH3 is 1. The minimum Gasteiger partial charge on any atom is -0.383 e. The van der Waals surface area contributed by atoms with E-state index in [1.54, 1.807) is 7.11 Å². The molecule has 1 rings (SSSR count). The molecule has 19 heavy (non-hydrogen) atoms. The SMILES string of the molecule is COCCN(c1ccc(CNC(C)C)cn1)C(C)C. The molecule has 0 aliphatic carbocycles. The van der Waals surface area contributed by atoms with Crippen LogP contribution in [0.4, 0.5) is 5.82 Å². The fourth-order valence-corrected chi connectivity index (χ4v) is 1.84. The minimum atomic E-state index is 0.419. The highest BCUT2D eigenvalue weighted by Crippen LogP contribution is 2.14. The number of ether oxygens (including phenoxy) is 1. The van der Waals surface area contributed by atoms with Crippen LogP contribution in [-0.4, -0.2) is 37.3 Å². The maximum atomic E-state index is 5.15. The second-order valence-corrected chi connectivity index (χ2v) is 5.34. The fraction of sp³-hybridized carbons (Fsp3) is 0.667. The van der Waals surface area contributed by atoms with E-state index in [1.165, 1.54) is 5.56 Å². The van der Waals surface area contributed by atoms with E-state index in [0.29, 0.717) is 12.1 Å². The van der Waals surface area contributed by atoms with Crippen LogP contribution < -0.4 is 10.2 Å². The average Bonchev–Trinajstić information content (AvgIpc) is 2.37. The van der Waals surface area contributed by atoms with E-state index < -0.39 is 0 Å². The molecule has 1 aromatic rings. The van der Waals surface area contributed by atoms with Crippen LogP contribution in [0.2, 0.25) is 0 Å². The molecule has 4 heteroatoms. The predicted molar refractivity (Wildman–Crippen MR) is 80.6 cm³/mol. The first-order valence-corrected chi connectivity index (χ1v) is 6.98. The van der Waals surface area contributed by atoms with E-state index in [1.807, 2.05) is 6.20 Å². The number of nitrogens with zero attached hydrogens (tertiary/aromatic N) is 2. The van der Waals surface area contributed by atoms with Gasteiger partial charge in [-0.05, 0) is 25.5 Å². The van der Waals surface area contributed by atoms with Crippen molar-refractivity contribution in [2.75, 3.05) is 25.2 Å². The number of hydrogen-bond donors (Lipinski definition) is 1. The Kier molecular flexibility index (Phi) is 6.81. The minimum absolute atomic E-state index is 0.419. The molecule has 0 amide bonds. The lowest BCUT2D eigenvalue weighted by atomic mass is 10.2. The Labute approximate surface area is 117 Å². The van der Waals surface area contributed by atoms with Gasteiger partial charge in [0, 0.05) is 38.5 Å². The largest absolute Gasteiger partial charge is 0.383 e. The van der Waals surface area contributed by atoms with Crippen molar-refractivity contribution in [1.29, 1.82) is 0 Å². The summed E-state index contributed by atoms with van der Waals surface area (Å²) >= 11 is 0. The maximum Gasteiger partial charge on any atom is 0.128 e. The summed E-state index contributed by atoms with van der Waals surface area (Å²) in [6.45, 7) is 11.1. The Morgan fingerprint density at radius 3 is 2.47 bits per heavy atom. The summed E-state index contributed by atoms with van der Waals surface area (Å²) in [5.74, 6) is 1.01. The predicted octanol–water partition coefficient (Wildman–Crippen LogP) is 2.44. The van der Waals surface area contributed by atoms with E-state index in [0.717, 1.165) is 25.5 Å². The van der Waals surface area contributed by atoms with E-state index in [9.17, 15) is 0 Å². The van der Waals surface area contributed by atoms with Gasteiger partial charge in [-0.3, -0.25) is 0 Å². The normalized spacial score (nSPS) is 11.3. The molecular weight excluding hydrogens is 238 g/mol. The third-order valence-electron chi connectivity index (χ3n) is 2.98. The molecule has 4 nitrogen and oxygen atoms in total. The van der Waals surface area contributed by atoms with Crippen LogP contribution in [-0.2, 0) is 11.3 Å². The Bertz CT molecular complexity index is 349. The van der Waals surface area contributed by atoms with Gasteiger partial charge in [-0.1, -0.05) is 19.9 Å². The molecule has 108 valence electrons. The zero-order valence-electron chi connectivity index (χ0n) is 12.8. The van der Waals surface area contributed by atoms with Crippen LogP contribution in [0.1, 0.15) is 33.3 Å². The maximum absolute atomic E-state index is 5.15. The van der Waals surface area contributed by atoms with Gasteiger partial charge in [0.25, 0.3) is 0 Å². The third kappa shape index (κ3) is 5.57. The summed E-state index contributed by atoms with van der Waals surface area (Å²) in [4.78, 5) is 6.81. The molecule has 0 fully saturated rings. The number of pyridine rings is 1. The second-order valence-electron chi connectivity index (χ2n) is 5.34. The first kappa shape index (κ1) is 15.9. The highest BCUT2D eigenvalue weighted by Gasteiger charge is 2.11. The first-order chi connectivity index (χ1) is 9.04. The number of anilines is 1. The first-order valence-electron chi connectivity index (χ1n) is 6.98. The summed E-state index contributed by atoms with van der Waals surface area (Å²) in [7, 11) is 1.73. The lowest BCUT2D eigenvalue weighted by molar-refractivity contribution is 0.203. The molecule has 0 aliphatic heterocycles. The van der Waals surface area contributed by atoms with Gasteiger partial charge in [0.1, 0.15) is 5.82 Å². The van der Waals surface area contributed by atoms with Crippen molar-refractivity contribution in [3.63, 3.8) is 0 Å². The van der Waals surface area contributed by atoms with Crippen LogP contribution >= 0.6 is 0 Å².